The number of nitrogens with zero attached hydrogens (tertiary/aromatic N) is 6. The van der Waals surface area contributed by atoms with Crippen LogP contribution in [0.1, 0.15) is 24.0 Å². The second kappa shape index (κ2) is 6.27. The predicted octanol–water partition coefficient (Wildman–Crippen LogP) is 2.63. The molecule has 3 heterocycles. The van der Waals surface area contributed by atoms with Gasteiger partial charge in [0.2, 0.25) is 0 Å². The van der Waals surface area contributed by atoms with E-state index in [1.54, 1.807) is 10.7 Å². The van der Waals surface area contributed by atoms with E-state index in [0.717, 1.165) is 28.0 Å². The van der Waals surface area contributed by atoms with Gasteiger partial charge in [-0.1, -0.05) is 17.3 Å². The SMILES string of the molecule is CO/N=C(/C)c1ccc2nnc(Cc3ccc4ncccc4c3)n2n1. The van der Waals surface area contributed by atoms with Gasteiger partial charge >= 0.3 is 0 Å². The molecule has 25 heavy (non-hydrogen) atoms. The first-order valence-electron chi connectivity index (χ1n) is 7.88. The lowest BCUT2D eigenvalue weighted by Gasteiger charge is -2.04. The van der Waals surface area contributed by atoms with Crippen molar-refractivity contribution >= 4 is 22.3 Å². The van der Waals surface area contributed by atoms with Gasteiger partial charge in [0.15, 0.2) is 11.5 Å². The molecule has 3 aromatic heterocycles. The Morgan fingerprint density at radius 3 is 2.96 bits per heavy atom. The molecule has 0 aliphatic rings. The highest BCUT2D eigenvalue weighted by Gasteiger charge is 2.10. The van der Waals surface area contributed by atoms with Gasteiger partial charge in [-0.05, 0) is 42.8 Å². The largest absolute Gasteiger partial charge is 0.399 e. The molecule has 0 amide bonds. The molecule has 0 N–H and O–H groups in total. The van der Waals surface area contributed by atoms with Gasteiger partial charge in [0.25, 0.3) is 0 Å². The van der Waals surface area contributed by atoms with Crippen molar-refractivity contribution in [3.8, 4) is 0 Å². The van der Waals surface area contributed by atoms with E-state index in [0.29, 0.717) is 17.8 Å². The van der Waals surface area contributed by atoms with Gasteiger partial charge in [-0.3, -0.25) is 4.98 Å². The molecule has 0 saturated carbocycles. The van der Waals surface area contributed by atoms with Crippen LogP contribution in [0.25, 0.3) is 16.6 Å². The smallest absolute Gasteiger partial charge is 0.177 e. The molecule has 4 aromatic rings. The first kappa shape index (κ1) is 15.2. The molecule has 0 unspecified atom stereocenters. The Morgan fingerprint density at radius 1 is 1.16 bits per heavy atom. The summed E-state index contributed by atoms with van der Waals surface area (Å²) in [6.07, 6.45) is 2.42. The Kier molecular flexibility index (Phi) is 3.81. The summed E-state index contributed by atoms with van der Waals surface area (Å²) in [6, 6.07) is 13.9. The van der Waals surface area contributed by atoms with E-state index in [4.69, 9.17) is 4.84 Å². The molecule has 7 heteroatoms. The molecule has 1 aromatic carbocycles. The minimum absolute atomic E-state index is 0.628. The van der Waals surface area contributed by atoms with E-state index in [9.17, 15) is 0 Å². The molecule has 0 radical (unpaired) electrons. The van der Waals surface area contributed by atoms with E-state index >= 15 is 0 Å². The number of rotatable bonds is 4. The van der Waals surface area contributed by atoms with Gasteiger partial charge in [-0.15, -0.1) is 10.2 Å². The standard InChI is InChI=1S/C18H16N6O/c1-12(23-25-2)15-7-8-17-20-21-18(24(17)22-15)11-13-5-6-16-14(10-13)4-3-9-19-16/h3-10H,11H2,1-2H3/b23-12-. The summed E-state index contributed by atoms with van der Waals surface area (Å²) in [4.78, 5) is 9.17. The van der Waals surface area contributed by atoms with E-state index in [1.807, 2.05) is 31.2 Å². The minimum atomic E-state index is 0.628. The lowest BCUT2D eigenvalue weighted by atomic mass is 10.1. The predicted molar refractivity (Wildman–Crippen MR) is 94.6 cm³/mol. The molecule has 124 valence electrons. The van der Waals surface area contributed by atoms with Gasteiger partial charge in [-0.2, -0.15) is 9.61 Å². The van der Waals surface area contributed by atoms with Gasteiger partial charge < -0.3 is 4.84 Å². The van der Waals surface area contributed by atoms with Crippen molar-refractivity contribution in [2.75, 3.05) is 7.11 Å². The fourth-order valence-electron chi connectivity index (χ4n) is 2.74. The average molecular weight is 332 g/mol. The number of oxime groups is 1. The molecule has 0 saturated heterocycles. The molecule has 0 fully saturated rings. The second-order valence-corrected chi connectivity index (χ2v) is 5.67. The lowest BCUT2D eigenvalue weighted by molar-refractivity contribution is 0.213. The summed E-state index contributed by atoms with van der Waals surface area (Å²) >= 11 is 0. The number of hydrogen-bond acceptors (Lipinski definition) is 6. The lowest BCUT2D eigenvalue weighted by Crippen LogP contribution is -2.06. The van der Waals surface area contributed by atoms with Crippen LogP contribution in [0.4, 0.5) is 0 Å². The van der Waals surface area contributed by atoms with Crippen molar-refractivity contribution in [2.45, 2.75) is 13.3 Å². The van der Waals surface area contributed by atoms with Crippen LogP contribution in [0.3, 0.4) is 0 Å². The quantitative estimate of drug-likeness (QED) is 0.424. The number of pyridine rings is 1. The fraction of sp³-hybridized carbons (Fsp3) is 0.167. The fourth-order valence-corrected chi connectivity index (χ4v) is 2.74. The van der Waals surface area contributed by atoms with Crippen LogP contribution in [0, 0.1) is 0 Å². The van der Waals surface area contributed by atoms with Crippen molar-refractivity contribution in [2.24, 2.45) is 5.16 Å². The first-order chi connectivity index (χ1) is 12.2. The first-order valence-corrected chi connectivity index (χ1v) is 7.88. The third-order valence-electron chi connectivity index (χ3n) is 3.96. The van der Waals surface area contributed by atoms with Crippen molar-refractivity contribution in [3.63, 3.8) is 0 Å². The minimum Gasteiger partial charge on any atom is -0.399 e. The highest BCUT2D eigenvalue weighted by molar-refractivity contribution is 5.96. The van der Waals surface area contributed by atoms with Crippen molar-refractivity contribution in [1.82, 2.24) is 24.8 Å². The van der Waals surface area contributed by atoms with E-state index in [1.165, 1.54) is 7.11 Å². The van der Waals surface area contributed by atoms with Gasteiger partial charge in [-0.25, -0.2) is 0 Å². The highest BCUT2D eigenvalue weighted by atomic mass is 16.6. The summed E-state index contributed by atoms with van der Waals surface area (Å²) in [5.74, 6) is 0.769. The molecule has 0 aliphatic heterocycles. The van der Waals surface area contributed by atoms with Crippen molar-refractivity contribution in [3.05, 3.63) is 65.7 Å². The van der Waals surface area contributed by atoms with Crippen LogP contribution < -0.4 is 0 Å². The molecule has 4 rings (SSSR count). The molecule has 0 bridgehead atoms. The summed E-state index contributed by atoms with van der Waals surface area (Å²) < 4.78 is 1.75. The van der Waals surface area contributed by atoms with Crippen LogP contribution in [-0.4, -0.2) is 37.6 Å². The molecule has 0 atom stereocenters. The van der Waals surface area contributed by atoms with Crippen LogP contribution in [0.15, 0.2) is 53.8 Å². The Hall–Kier alpha value is -3.35. The second-order valence-electron chi connectivity index (χ2n) is 5.67. The molecule has 0 spiro atoms. The third kappa shape index (κ3) is 2.91. The van der Waals surface area contributed by atoms with Gasteiger partial charge in [0, 0.05) is 18.0 Å². The number of fused-ring (bicyclic) bond motifs is 2. The number of benzene rings is 1. The Balaban J connectivity index is 1.72. The van der Waals surface area contributed by atoms with Crippen LogP contribution in [-0.2, 0) is 11.3 Å². The highest BCUT2D eigenvalue weighted by Crippen LogP contribution is 2.16. The summed E-state index contributed by atoms with van der Waals surface area (Å²) in [5.41, 5.74) is 4.22. The van der Waals surface area contributed by atoms with Gasteiger partial charge in [0.05, 0.1) is 5.52 Å². The summed E-state index contributed by atoms with van der Waals surface area (Å²) in [5, 5.41) is 18.1. The summed E-state index contributed by atoms with van der Waals surface area (Å²) in [6.45, 7) is 1.85. The maximum atomic E-state index is 4.82. The average Bonchev–Trinajstić information content (AvgIpc) is 3.04. The van der Waals surface area contributed by atoms with Crippen molar-refractivity contribution in [1.29, 1.82) is 0 Å². The van der Waals surface area contributed by atoms with Gasteiger partial charge in [0.1, 0.15) is 18.5 Å². The zero-order valence-electron chi connectivity index (χ0n) is 13.9. The van der Waals surface area contributed by atoms with Crippen LogP contribution in [0.2, 0.25) is 0 Å². The van der Waals surface area contributed by atoms with E-state index < -0.39 is 0 Å². The molecule has 0 aliphatic carbocycles. The topological polar surface area (TPSA) is 77.6 Å². The summed E-state index contributed by atoms with van der Waals surface area (Å²) in [7, 11) is 1.51. The maximum absolute atomic E-state index is 4.82. The zero-order valence-corrected chi connectivity index (χ0v) is 13.9. The molecular weight excluding hydrogens is 316 g/mol. The van der Waals surface area contributed by atoms with E-state index in [2.05, 4.69) is 43.6 Å². The maximum Gasteiger partial charge on any atom is 0.177 e. The Bertz CT molecular complexity index is 1090. The monoisotopic (exact) mass is 332 g/mol. The Labute approximate surface area is 144 Å². The molecular formula is C18H16N6O. The zero-order chi connectivity index (χ0) is 17.2. The van der Waals surface area contributed by atoms with E-state index in [-0.39, 0.29) is 0 Å². The third-order valence-corrected chi connectivity index (χ3v) is 3.96. The number of aromatic nitrogens is 5. The van der Waals surface area contributed by atoms with Crippen LogP contribution >= 0.6 is 0 Å². The van der Waals surface area contributed by atoms with Crippen molar-refractivity contribution < 1.29 is 4.84 Å². The molecule has 7 nitrogen and oxygen atoms in total. The van der Waals surface area contributed by atoms with Crippen LogP contribution in [0.5, 0.6) is 0 Å². The normalized spacial score (nSPS) is 12.0. The number of hydrogen-bond donors (Lipinski definition) is 0. The Morgan fingerprint density at radius 2 is 2.08 bits per heavy atom.